The van der Waals surface area contributed by atoms with Gasteiger partial charge in [-0.05, 0) is 51.5 Å². The molecule has 0 radical (unpaired) electrons. The molecule has 29 heavy (non-hydrogen) atoms. The molecule has 3 rings (SSSR count). The lowest BCUT2D eigenvalue weighted by Gasteiger charge is -2.38. The number of ether oxygens (including phenoxy) is 1. The molecule has 0 spiro atoms. The average molecular weight is 417 g/mol. The fraction of sp³-hybridized carbons (Fsp3) is 0.409. The predicted octanol–water partition coefficient (Wildman–Crippen LogP) is 3.34. The number of fused-ring (bicyclic) bond motifs is 1. The first-order valence-corrected chi connectivity index (χ1v) is 11.0. The number of carbonyl (C=O) groups excluding carboxylic acids is 1. The Kier molecular flexibility index (Phi) is 5.74. The van der Waals surface area contributed by atoms with Crippen molar-refractivity contribution >= 4 is 15.9 Å². The van der Waals surface area contributed by atoms with Gasteiger partial charge >= 0.3 is 0 Å². The average Bonchev–Trinajstić information content (AvgIpc) is 2.60. The van der Waals surface area contributed by atoms with Crippen LogP contribution in [0.5, 0.6) is 5.75 Å². The van der Waals surface area contributed by atoms with Crippen LogP contribution in [-0.4, -0.2) is 37.8 Å². The number of hydrogen-bond donors (Lipinski definition) is 1. The minimum Gasteiger partial charge on any atom is -0.487 e. The highest BCUT2D eigenvalue weighted by Gasteiger charge is 2.35. The quantitative estimate of drug-likeness (QED) is 0.811. The van der Waals surface area contributed by atoms with E-state index in [1.54, 1.807) is 24.3 Å². The van der Waals surface area contributed by atoms with Gasteiger partial charge in [-0.25, -0.2) is 8.42 Å². The number of nitrogens with one attached hydrogen (secondary N) is 1. The normalized spacial score (nSPS) is 18.1. The minimum atomic E-state index is -3.73. The maximum absolute atomic E-state index is 12.7. The third-order valence-corrected chi connectivity index (χ3v) is 6.87. The van der Waals surface area contributed by atoms with Gasteiger partial charge < -0.3 is 10.1 Å². The van der Waals surface area contributed by atoms with Crippen molar-refractivity contribution in [2.75, 3.05) is 13.6 Å². The standard InChI is InChI=1S/C22H28N2O4S/c1-15-6-9-17(10-7-15)29(26,27)24(5)14-21(25)23-19-13-22(3,4)28-20-12-16(2)8-11-18(19)20/h6-12,19H,13-14H2,1-5H3,(H,23,25). The molecule has 7 heteroatoms. The second-order valence-corrected chi connectivity index (χ2v) is 10.3. The second kappa shape index (κ2) is 7.80. The summed E-state index contributed by atoms with van der Waals surface area (Å²) >= 11 is 0. The van der Waals surface area contributed by atoms with E-state index in [0.717, 1.165) is 26.7 Å². The Morgan fingerprint density at radius 1 is 1.14 bits per heavy atom. The zero-order chi connectivity index (χ0) is 21.4. The van der Waals surface area contributed by atoms with Gasteiger partial charge in [-0.3, -0.25) is 4.79 Å². The van der Waals surface area contributed by atoms with Crippen LogP contribution in [0.15, 0.2) is 47.4 Å². The van der Waals surface area contributed by atoms with Gasteiger partial charge in [-0.2, -0.15) is 4.31 Å². The summed E-state index contributed by atoms with van der Waals surface area (Å²) in [5.41, 5.74) is 2.53. The highest BCUT2D eigenvalue weighted by molar-refractivity contribution is 7.89. The van der Waals surface area contributed by atoms with Crippen molar-refractivity contribution in [1.82, 2.24) is 9.62 Å². The van der Waals surface area contributed by atoms with Crippen LogP contribution >= 0.6 is 0 Å². The van der Waals surface area contributed by atoms with Crippen molar-refractivity contribution < 1.29 is 17.9 Å². The molecule has 1 heterocycles. The van der Waals surface area contributed by atoms with Gasteiger partial charge in [0.05, 0.1) is 17.5 Å². The molecule has 0 saturated heterocycles. The third kappa shape index (κ3) is 4.79. The number of rotatable bonds is 5. The van der Waals surface area contributed by atoms with Gasteiger partial charge in [0.25, 0.3) is 0 Å². The lowest BCUT2D eigenvalue weighted by Crippen LogP contribution is -2.44. The molecule has 156 valence electrons. The molecule has 1 aliphatic rings. The van der Waals surface area contributed by atoms with E-state index < -0.39 is 15.6 Å². The van der Waals surface area contributed by atoms with Gasteiger partial charge in [0.1, 0.15) is 11.4 Å². The molecule has 1 atom stereocenters. The van der Waals surface area contributed by atoms with Gasteiger partial charge in [0, 0.05) is 19.0 Å². The summed E-state index contributed by atoms with van der Waals surface area (Å²) in [5, 5.41) is 2.99. The first-order chi connectivity index (χ1) is 13.5. The maximum atomic E-state index is 12.7. The maximum Gasteiger partial charge on any atom is 0.243 e. The molecule has 0 aliphatic carbocycles. The van der Waals surface area contributed by atoms with E-state index in [4.69, 9.17) is 4.74 Å². The molecule has 1 N–H and O–H groups in total. The summed E-state index contributed by atoms with van der Waals surface area (Å²) in [6, 6.07) is 12.2. The van der Waals surface area contributed by atoms with Crippen molar-refractivity contribution in [1.29, 1.82) is 0 Å². The van der Waals surface area contributed by atoms with E-state index in [-0.39, 0.29) is 23.4 Å². The number of aryl methyl sites for hydroxylation is 2. The smallest absolute Gasteiger partial charge is 0.243 e. The first-order valence-electron chi connectivity index (χ1n) is 9.60. The van der Waals surface area contributed by atoms with Crippen LogP contribution in [0.4, 0.5) is 0 Å². The Morgan fingerprint density at radius 3 is 2.41 bits per heavy atom. The molecule has 1 amide bonds. The van der Waals surface area contributed by atoms with Crippen LogP contribution in [0, 0.1) is 13.8 Å². The van der Waals surface area contributed by atoms with Crippen LogP contribution in [0.1, 0.15) is 43.0 Å². The number of likely N-dealkylation sites (N-methyl/N-ethyl adjacent to an activating group) is 1. The lowest BCUT2D eigenvalue weighted by molar-refractivity contribution is -0.122. The summed E-state index contributed by atoms with van der Waals surface area (Å²) < 4.78 is 32.6. The van der Waals surface area contributed by atoms with E-state index in [9.17, 15) is 13.2 Å². The molecular formula is C22H28N2O4S. The fourth-order valence-electron chi connectivity index (χ4n) is 3.50. The third-order valence-electron chi connectivity index (χ3n) is 5.06. The van der Waals surface area contributed by atoms with Gasteiger partial charge in [-0.1, -0.05) is 29.8 Å². The summed E-state index contributed by atoms with van der Waals surface area (Å²) in [6.07, 6.45) is 0.600. The Labute approximate surface area is 172 Å². The van der Waals surface area contributed by atoms with Crippen molar-refractivity contribution in [2.24, 2.45) is 0 Å². The number of benzene rings is 2. The summed E-state index contributed by atoms with van der Waals surface area (Å²) in [5.74, 6) is 0.407. The van der Waals surface area contributed by atoms with Crippen LogP contribution in [0.3, 0.4) is 0 Å². The molecule has 0 fully saturated rings. The molecule has 1 unspecified atom stereocenters. The molecule has 1 aliphatic heterocycles. The number of sulfonamides is 1. The Bertz CT molecular complexity index is 1010. The van der Waals surface area contributed by atoms with Crippen molar-refractivity contribution in [2.45, 2.75) is 50.7 Å². The lowest BCUT2D eigenvalue weighted by atomic mass is 9.89. The summed E-state index contributed by atoms with van der Waals surface area (Å²) in [4.78, 5) is 12.9. The minimum absolute atomic E-state index is 0.173. The zero-order valence-electron chi connectivity index (χ0n) is 17.5. The predicted molar refractivity (Wildman–Crippen MR) is 112 cm³/mol. The second-order valence-electron chi connectivity index (χ2n) is 8.30. The topological polar surface area (TPSA) is 75.7 Å². The Balaban J connectivity index is 1.74. The highest BCUT2D eigenvalue weighted by Crippen LogP contribution is 2.39. The van der Waals surface area contributed by atoms with E-state index in [1.807, 2.05) is 45.9 Å². The first kappa shape index (κ1) is 21.3. The molecule has 2 aromatic rings. The van der Waals surface area contributed by atoms with Gasteiger partial charge in [-0.15, -0.1) is 0 Å². The van der Waals surface area contributed by atoms with Crippen LogP contribution in [0.2, 0.25) is 0 Å². The fourth-order valence-corrected chi connectivity index (χ4v) is 4.63. The largest absolute Gasteiger partial charge is 0.487 e. The Hall–Kier alpha value is -2.38. The van der Waals surface area contributed by atoms with E-state index in [0.29, 0.717) is 6.42 Å². The molecule has 2 aromatic carbocycles. The molecule has 0 bridgehead atoms. The highest BCUT2D eigenvalue weighted by atomic mass is 32.2. The number of nitrogens with zero attached hydrogens (tertiary/aromatic N) is 1. The van der Waals surface area contributed by atoms with Gasteiger partial charge in [0.2, 0.25) is 15.9 Å². The zero-order valence-corrected chi connectivity index (χ0v) is 18.3. The SMILES string of the molecule is Cc1ccc(S(=O)(=O)N(C)CC(=O)NC2CC(C)(C)Oc3cc(C)ccc32)cc1. The monoisotopic (exact) mass is 416 g/mol. The molecular weight excluding hydrogens is 388 g/mol. The van der Waals surface area contributed by atoms with Gasteiger partial charge in [0.15, 0.2) is 0 Å². The summed E-state index contributed by atoms with van der Waals surface area (Å²) in [7, 11) is -2.32. The van der Waals surface area contributed by atoms with Crippen molar-refractivity contribution in [3.63, 3.8) is 0 Å². The van der Waals surface area contributed by atoms with Crippen LogP contribution in [-0.2, 0) is 14.8 Å². The van der Waals surface area contributed by atoms with E-state index in [2.05, 4.69) is 5.32 Å². The number of hydrogen-bond acceptors (Lipinski definition) is 4. The van der Waals surface area contributed by atoms with Crippen LogP contribution in [0.25, 0.3) is 0 Å². The molecule has 6 nitrogen and oxygen atoms in total. The molecule has 0 aromatic heterocycles. The van der Waals surface area contributed by atoms with Crippen molar-refractivity contribution in [3.05, 3.63) is 59.2 Å². The van der Waals surface area contributed by atoms with Crippen LogP contribution < -0.4 is 10.1 Å². The van der Waals surface area contributed by atoms with Crippen molar-refractivity contribution in [3.8, 4) is 5.75 Å². The van der Waals surface area contributed by atoms with E-state index in [1.165, 1.54) is 7.05 Å². The Morgan fingerprint density at radius 2 is 1.76 bits per heavy atom. The molecule has 0 saturated carbocycles. The van der Waals surface area contributed by atoms with E-state index >= 15 is 0 Å². The number of carbonyl (C=O) groups is 1. The number of amides is 1. The summed E-state index contributed by atoms with van der Waals surface area (Å²) in [6.45, 7) is 7.58.